The van der Waals surface area contributed by atoms with Crippen LogP contribution in [0.3, 0.4) is 0 Å². The van der Waals surface area contributed by atoms with Crippen molar-refractivity contribution in [2.75, 3.05) is 5.32 Å². The number of aromatic hydroxyl groups is 1. The van der Waals surface area contributed by atoms with E-state index in [0.717, 1.165) is 33.7 Å². The van der Waals surface area contributed by atoms with Crippen LogP contribution in [0.5, 0.6) is 5.75 Å². The smallest absolute Gasteiger partial charge is 0.273 e. The molecule has 1 aromatic carbocycles. The molecule has 0 saturated heterocycles. The minimum absolute atomic E-state index is 0.173. The number of aromatic nitrogens is 3. The van der Waals surface area contributed by atoms with Crippen LogP contribution >= 0.6 is 0 Å². The second-order valence-corrected chi connectivity index (χ2v) is 6.64. The Morgan fingerprint density at radius 3 is 2.67 bits per heavy atom. The Balaban J connectivity index is 1.86. The number of hydrogen-bond donors (Lipinski definition) is 2. The van der Waals surface area contributed by atoms with Crippen molar-refractivity contribution < 1.29 is 10.1 Å². The van der Waals surface area contributed by atoms with Gasteiger partial charge in [-0.15, -0.1) is 0 Å². The summed E-state index contributed by atoms with van der Waals surface area (Å²) in [6.07, 6.45) is 3.64. The average molecular weight is 357 g/mol. The van der Waals surface area contributed by atoms with Crippen LogP contribution in [0.1, 0.15) is 28.6 Å². The predicted octanol–water partition coefficient (Wildman–Crippen LogP) is 3.97. The molecular weight excluding hydrogens is 336 g/mol. The van der Waals surface area contributed by atoms with E-state index >= 15 is 0 Å². The largest absolute Gasteiger partial charge is 0.505 e. The van der Waals surface area contributed by atoms with Crippen LogP contribution in [0.2, 0.25) is 0 Å². The number of benzene rings is 1. The summed E-state index contributed by atoms with van der Waals surface area (Å²) in [5.41, 5.74) is 4.15. The van der Waals surface area contributed by atoms with E-state index in [1.165, 1.54) is 0 Å². The van der Waals surface area contributed by atoms with E-state index in [2.05, 4.69) is 20.3 Å². The average Bonchev–Trinajstić information content (AvgIpc) is 2.68. The highest BCUT2D eigenvalue weighted by molar-refractivity contribution is 5.86. The van der Waals surface area contributed by atoms with Crippen LogP contribution in [-0.4, -0.2) is 15.1 Å². The summed E-state index contributed by atoms with van der Waals surface area (Å²) in [5.74, 6) is 1.02. The molecule has 4 aromatic rings. The normalized spacial score (nSPS) is 12.1. The van der Waals surface area contributed by atoms with Gasteiger partial charge in [0.25, 0.3) is 5.82 Å². The molecule has 0 unspecified atom stereocenters. The molecule has 5 heteroatoms. The number of nitrogens with one attached hydrogen (secondary N) is 2. The van der Waals surface area contributed by atoms with Gasteiger partial charge >= 0.3 is 0 Å². The zero-order valence-corrected chi connectivity index (χ0v) is 15.3. The molecule has 0 aliphatic heterocycles. The van der Waals surface area contributed by atoms with Gasteiger partial charge in [-0.2, -0.15) is 0 Å². The van der Waals surface area contributed by atoms with Gasteiger partial charge in [-0.1, -0.05) is 18.2 Å². The minimum Gasteiger partial charge on any atom is -0.505 e. The van der Waals surface area contributed by atoms with Gasteiger partial charge in [0, 0.05) is 28.9 Å². The van der Waals surface area contributed by atoms with E-state index in [1.54, 1.807) is 6.20 Å². The van der Waals surface area contributed by atoms with Crippen molar-refractivity contribution in [3.8, 4) is 5.75 Å². The summed E-state index contributed by atoms with van der Waals surface area (Å²) < 4.78 is 0. The van der Waals surface area contributed by atoms with Gasteiger partial charge in [0.15, 0.2) is 6.04 Å². The van der Waals surface area contributed by atoms with E-state index in [9.17, 15) is 5.11 Å². The lowest BCUT2D eigenvalue weighted by Crippen LogP contribution is -2.20. The van der Waals surface area contributed by atoms with Crippen molar-refractivity contribution in [3.05, 3.63) is 89.5 Å². The predicted molar refractivity (Wildman–Crippen MR) is 106 cm³/mol. The molecule has 0 amide bonds. The van der Waals surface area contributed by atoms with E-state index in [4.69, 9.17) is 0 Å². The summed E-state index contributed by atoms with van der Waals surface area (Å²) in [7, 11) is 0. The first-order valence-corrected chi connectivity index (χ1v) is 8.87. The van der Waals surface area contributed by atoms with Crippen LogP contribution in [0.4, 0.5) is 5.82 Å². The highest BCUT2D eigenvalue weighted by Gasteiger charge is 2.25. The maximum Gasteiger partial charge on any atom is 0.273 e. The molecule has 0 aliphatic rings. The first-order valence-electron chi connectivity index (χ1n) is 8.87. The van der Waals surface area contributed by atoms with Crippen molar-refractivity contribution in [2.45, 2.75) is 19.9 Å². The molecule has 0 spiro atoms. The third-order valence-electron chi connectivity index (χ3n) is 4.56. The van der Waals surface area contributed by atoms with Crippen LogP contribution in [0, 0.1) is 13.8 Å². The highest BCUT2D eigenvalue weighted by Crippen LogP contribution is 2.35. The zero-order valence-electron chi connectivity index (χ0n) is 15.3. The maximum absolute atomic E-state index is 11.0. The Bertz CT molecular complexity index is 1100. The summed E-state index contributed by atoms with van der Waals surface area (Å²) >= 11 is 0. The number of rotatable bonds is 4. The van der Waals surface area contributed by atoms with Crippen molar-refractivity contribution in [3.63, 3.8) is 0 Å². The summed E-state index contributed by atoms with van der Waals surface area (Å²) in [4.78, 5) is 12.2. The fourth-order valence-corrected chi connectivity index (χ4v) is 3.20. The lowest BCUT2D eigenvalue weighted by atomic mass is 9.99. The van der Waals surface area contributed by atoms with Crippen LogP contribution < -0.4 is 10.3 Å². The number of anilines is 1. The van der Waals surface area contributed by atoms with Gasteiger partial charge in [0.1, 0.15) is 11.3 Å². The number of fused-ring (bicyclic) bond motifs is 1. The lowest BCUT2D eigenvalue weighted by molar-refractivity contribution is -0.361. The molecule has 5 nitrogen and oxygen atoms in total. The molecule has 0 fully saturated rings. The van der Waals surface area contributed by atoms with Gasteiger partial charge in [-0.05, 0) is 49.7 Å². The van der Waals surface area contributed by atoms with Crippen molar-refractivity contribution in [1.82, 2.24) is 9.97 Å². The number of phenolic OH excluding ortho intramolecular Hbond substituents is 1. The molecule has 0 radical (unpaired) electrons. The first kappa shape index (κ1) is 17.0. The Kier molecular flexibility index (Phi) is 4.42. The second-order valence-electron chi connectivity index (χ2n) is 6.64. The standard InChI is InChI=1S/C22H20N4O/c1-14-10-12-24-19(13-14)26-21(18-5-3-4-11-23-18)17-9-8-16-7-6-15(2)25-20(16)22(17)27/h3-13,21,27H,1-2H3,(H,24,26)/p+1/t21-/m0/s1. The number of phenols is 1. The number of hydrogen-bond acceptors (Lipinski definition) is 4. The van der Waals surface area contributed by atoms with Crippen molar-refractivity contribution in [1.29, 1.82) is 0 Å². The number of H-pyrrole nitrogens is 1. The number of pyridine rings is 3. The molecule has 3 aromatic heterocycles. The Morgan fingerprint density at radius 1 is 1.04 bits per heavy atom. The number of aromatic amines is 1. The fraction of sp³-hybridized carbons (Fsp3) is 0.136. The Hall–Kier alpha value is -3.47. The molecule has 134 valence electrons. The molecule has 0 saturated carbocycles. The van der Waals surface area contributed by atoms with Gasteiger partial charge in [-0.3, -0.25) is 10.3 Å². The molecule has 4 rings (SSSR count). The SMILES string of the molecule is Cc1cc[nH+]c(N[C@H](c2ccccn2)c2ccc3ccc(C)nc3c2O)c1. The van der Waals surface area contributed by atoms with Crippen molar-refractivity contribution >= 4 is 16.7 Å². The van der Waals surface area contributed by atoms with E-state index in [0.29, 0.717) is 5.52 Å². The summed E-state index contributed by atoms with van der Waals surface area (Å²) in [5, 5.41) is 15.4. The Morgan fingerprint density at radius 2 is 1.89 bits per heavy atom. The molecular formula is C22H21N4O+. The summed E-state index contributed by atoms with van der Waals surface area (Å²) in [6.45, 7) is 3.96. The Labute approximate surface area is 157 Å². The molecule has 3 heterocycles. The van der Waals surface area contributed by atoms with Gasteiger partial charge in [0.2, 0.25) is 0 Å². The monoisotopic (exact) mass is 357 g/mol. The van der Waals surface area contributed by atoms with Crippen LogP contribution in [0.15, 0.2) is 67.0 Å². The molecule has 0 aliphatic carbocycles. The maximum atomic E-state index is 11.0. The van der Waals surface area contributed by atoms with Gasteiger partial charge in [0.05, 0.1) is 11.9 Å². The molecule has 1 atom stereocenters. The third-order valence-corrected chi connectivity index (χ3v) is 4.56. The van der Waals surface area contributed by atoms with Gasteiger partial charge < -0.3 is 5.11 Å². The van der Waals surface area contributed by atoms with E-state index in [-0.39, 0.29) is 11.8 Å². The lowest BCUT2D eigenvalue weighted by Gasteiger charge is -2.17. The molecule has 3 N–H and O–H groups in total. The highest BCUT2D eigenvalue weighted by atomic mass is 16.3. The number of aryl methyl sites for hydroxylation is 2. The third kappa shape index (κ3) is 3.44. The van der Waals surface area contributed by atoms with Crippen LogP contribution in [-0.2, 0) is 0 Å². The van der Waals surface area contributed by atoms with Crippen LogP contribution in [0.25, 0.3) is 10.9 Å². The van der Waals surface area contributed by atoms with Crippen molar-refractivity contribution in [2.24, 2.45) is 0 Å². The fourth-order valence-electron chi connectivity index (χ4n) is 3.20. The molecule has 27 heavy (non-hydrogen) atoms. The quantitative estimate of drug-likeness (QED) is 0.580. The topological polar surface area (TPSA) is 72.2 Å². The van der Waals surface area contributed by atoms with Gasteiger partial charge in [-0.25, -0.2) is 9.97 Å². The second kappa shape index (κ2) is 7.03. The number of nitrogens with zero attached hydrogens (tertiary/aromatic N) is 2. The zero-order chi connectivity index (χ0) is 18.8. The minimum atomic E-state index is -0.323. The van der Waals surface area contributed by atoms with E-state index < -0.39 is 0 Å². The first-order chi connectivity index (χ1) is 13.1. The summed E-state index contributed by atoms with van der Waals surface area (Å²) in [6, 6.07) is 17.3. The van der Waals surface area contributed by atoms with E-state index in [1.807, 2.05) is 74.6 Å². The molecule has 0 bridgehead atoms.